The summed E-state index contributed by atoms with van der Waals surface area (Å²) in [6, 6.07) is 7.81. The molecule has 84 valence electrons. The molecule has 3 N–H and O–H groups in total. The van der Waals surface area contributed by atoms with E-state index in [-0.39, 0.29) is 6.10 Å². The number of nitrogens with one attached hydrogen (secondary N) is 1. The Morgan fingerprint density at radius 1 is 1.44 bits per heavy atom. The molecule has 0 saturated heterocycles. The molecule has 0 radical (unpaired) electrons. The predicted octanol–water partition coefficient (Wildman–Crippen LogP) is 1.84. The first kappa shape index (κ1) is 10.9. The lowest BCUT2D eigenvalue weighted by Gasteiger charge is -2.13. The van der Waals surface area contributed by atoms with Gasteiger partial charge in [0.15, 0.2) is 0 Å². The van der Waals surface area contributed by atoms with Gasteiger partial charge in [0.2, 0.25) is 0 Å². The van der Waals surface area contributed by atoms with Crippen LogP contribution in [0.3, 0.4) is 0 Å². The maximum Gasteiger partial charge on any atom is 0.404 e. The molecule has 5 heteroatoms. The van der Waals surface area contributed by atoms with Gasteiger partial charge in [-0.25, -0.2) is 4.79 Å². The highest BCUT2D eigenvalue weighted by Gasteiger charge is 2.21. The summed E-state index contributed by atoms with van der Waals surface area (Å²) < 4.78 is 5.01. The number of rotatable bonds is 1. The zero-order valence-electron chi connectivity index (χ0n) is 8.60. The maximum atomic E-state index is 10.7. The van der Waals surface area contributed by atoms with Gasteiger partial charge in [-0.15, -0.1) is 0 Å². The number of anilines is 1. The van der Waals surface area contributed by atoms with Gasteiger partial charge >= 0.3 is 6.09 Å². The number of ether oxygens (including phenoxy) is 1. The van der Waals surface area contributed by atoms with Crippen molar-refractivity contribution in [3.05, 3.63) is 29.8 Å². The summed E-state index contributed by atoms with van der Waals surface area (Å²) >= 11 is 5.16. The molecule has 0 fully saturated rings. The number of hydrogen-bond acceptors (Lipinski definition) is 3. The number of thiocarbonyl (C=S) groups is 1. The van der Waals surface area contributed by atoms with Crippen molar-refractivity contribution in [2.24, 2.45) is 5.73 Å². The third kappa shape index (κ3) is 2.49. The third-order valence-electron chi connectivity index (χ3n) is 2.43. The van der Waals surface area contributed by atoms with E-state index in [0.29, 0.717) is 17.8 Å². The molecule has 0 saturated carbocycles. The van der Waals surface area contributed by atoms with Crippen LogP contribution < -0.4 is 11.1 Å². The molecule has 1 heterocycles. The summed E-state index contributed by atoms with van der Waals surface area (Å²) in [4.78, 5) is 11.4. The molecular formula is C11H12N2O2S. The SMILES string of the molecule is NC(=O)OC1CC(=S)Nc2ccccc2C1. The van der Waals surface area contributed by atoms with Crippen molar-refractivity contribution in [3.8, 4) is 0 Å². The number of para-hydroxylation sites is 1. The van der Waals surface area contributed by atoms with Gasteiger partial charge in [0.25, 0.3) is 0 Å². The van der Waals surface area contributed by atoms with Gasteiger partial charge in [0.05, 0.1) is 4.99 Å². The summed E-state index contributed by atoms with van der Waals surface area (Å²) in [6.45, 7) is 0. The second-order valence-corrected chi connectivity index (χ2v) is 4.17. The zero-order valence-corrected chi connectivity index (χ0v) is 9.42. The largest absolute Gasteiger partial charge is 0.446 e. The highest BCUT2D eigenvalue weighted by molar-refractivity contribution is 7.80. The number of nitrogens with two attached hydrogens (primary N) is 1. The van der Waals surface area contributed by atoms with E-state index in [1.807, 2.05) is 24.3 Å². The van der Waals surface area contributed by atoms with Crippen LogP contribution in [0.15, 0.2) is 24.3 Å². The summed E-state index contributed by atoms with van der Waals surface area (Å²) in [7, 11) is 0. The van der Waals surface area contributed by atoms with E-state index in [1.165, 1.54) is 0 Å². The minimum atomic E-state index is -0.757. The average Bonchev–Trinajstić information content (AvgIpc) is 2.33. The molecular weight excluding hydrogens is 224 g/mol. The van der Waals surface area contributed by atoms with Crippen molar-refractivity contribution in [2.45, 2.75) is 18.9 Å². The second kappa shape index (κ2) is 4.49. The Kier molecular flexibility index (Phi) is 3.05. The van der Waals surface area contributed by atoms with Crippen LogP contribution in [0.5, 0.6) is 0 Å². The Hall–Kier alpha value is -1.62. The van der Waals surface area contributed by atoms with Gasteiger partial charge in [0.1, 0.15) is 6.10 Å². The van der Waals surface area contributed by atoms with Crippen LogP contribution in [0.2, 0.25) is 0 Å². The lowest BCUT2D eigenvalue weighted by molar-refractivity contribution is 0.111. The van der Waals surface area contributed by atoms with E-state index in [1.54, 1.807) is 0 Å². The van der Waals surface area contributed by atoms with Crippen molar-refractivity contribution in [1.82, 2.24) is 0 Å². The Balaban J connectivity index is 2.23. The summed E-state index contributed by atoms with van der Waals surface area (Å²) in [6.07, 6.45) is 0.104. The van der Waals surface area contributed by atoms with Crippen LogP contribution in [-0.2, 0) is 11.2 Å². The predicted molar refractivity (Wildman–Crippen MR) is 65.4 cm³/mol. The number of hydrogen-bond donors (Lipinski definition) is 2. The Morgan fingerprint density at radius 2 is 2.19 bits per heavy atom. The fourth-order valence-corrected chi connectivity index (χ4v) is 2.09. The van der Waals surface area contributed by atoms with E-state index in [9.17, 15) is 4.79 Å². The van der Waals surface area contributed by atoms with Gasteiger partial charge < -0.3 is 15.8 Å². The fourth-order valence-electron chi connectivity index (χ4n) is 1.79. The normalized spacial score (nSPS) is 19.2. The van der Waals surface area contributed by atoms with E-state index in [0.717, 1.165) is 11.3 Å². The van der Waals surface area contributed by atoms with E-state index < -0.39 is 6.09 Å². The minimum absolute atomic E-state index is 0.277. The van der Waals surface area contributed by atoms with Gasteiger partial charge in [-0.3, -0.25) is 0 Å². The first-order valence-corrected chi connectivity index (χ1v) is 5.40. The van der Waals surface area contributed by atoms with Gasteiger partial charge in [-0.2, -0.15) is 0 Å². The van der Waals surface area contributed by atoms with Crippen LogP contribution in [0, 0.1) is 0 Å². The Labute approximate surface area is 98.8 Å². The van der Waals surface area contributed by atoms with Crippen molar-refractivity contribution in [2.75, 3.05) is 5.32 Å². The molecule has 0 aromatic heterocycles. The number of primary amides is 1. The third-order valence-corrected chi connectivity index (χ3v) is 2.70. The van der Waals surface area contributed by atoms with Gasteiger partial charge in [-0.05, 0) is 11.6 Å². The summed E-state index contributed by atoms with van der Waals surface area (Å²) in [5, 5.41) is 3.12. The monoisotopic (exact) mass is 236 g/mol. The summed E-state index contributed by atoms with van der Waals surface area (Å²) in [5.74, 6) is 0. The highest BCUT2D eigenvalue weighted by Crippen LogP contribution is 2.23. The molecule has 4 nitrogen and oxygen atoms in total. The quantitative estimate of drug-likeness (QED) is 0.730. The topological polar surface area (TPSA) is 64.4 Å². The average molecular weight is 236 g/mol. The minimum Gasteiger partial charge on any atom is -0.446 e. The van der Waals surface area contributed by atoms with Crippen LogP contribution in [-0.4, -0.2) is 17.2 Å². The van der Waals surface area contributed by atoms with Crippen LogP contribution in [0.4, 0.5) is 10.5 Å². The molecule has 1 aliphatic rings. The maximum absolute atomic E-state index is 10.7. The van der Waals surface area contributed by atoms with Gasteiger partial charge in [0, 0.05) is 18.5 Å². The van der Waals surface area contributed by atoms with Crippen molar-refractivity contribution >= 4 is 29.0 Å². The molecule has 1 unspecified atom stereocenters. The van der Waals surface area contributed by atoms with E-state index in [4.69, 9.17) is 22.7 Å². The van der Waals surface area contributed by atoms with Crippen molar-refractivity contribution in [1.29, 1.82) is 0 Å². The molecule has 1 aliphatic heterocycles. The van der Waals surface area contributed by atoms with Crippen LogP contribution in [0.1, 0.15) is 12.0 Å². The first-order valence-electron chi connectivity index (χ1n) is 4.99. The van der Waals surface area contributed by atoms with Gasteiger partial charge in [-0.1, -0.05) is 30.4 Å². The lowest BCUT2D eigenvalue weighted by atomic mass is 10.1. The van der Waals surface area contributed by atoms with E-state index in [2.05, 4.69) is 5.32 Å². The molecule has 0 aliphatic carbocycles. The fraction of sp³-hybridized carbons (Fsp3) is 0.273. The number of carbonyl (C=O) groups is 1. The number of benzene rings is 1. The molecule has 0 spiro atoms. The molecule has 1 amide bonds. The zero-order chi connectivity index (χ0) is 11.5. The van der Waals surface area contributed by atoms with Crippen molar-refractivity contribution < 1.29 is 9.53 Å². The number of fused-ring (bicyclic) bond motifs is 1. The summed E-state index contributed by atoms with van der Waals surface area (Å²) in [5.41, 5.74) is 7.07. The lowest BCUT2D eigenvalue weighted by Crippen LogP contribution is -2.26. The van der Waals surface area contributed by atoms with E-state index >= 15 is 0 Å². The first-order chi connectivity index (χ1) is 7.65. The molecule has 1 aromatic rings. The highest BCUT2D eigenvalue weighted by atomic mass is 32.1. The molecule has 2 rings (SSSR count). The number of carbonyl (C=O) groups excluding carboxylic acids is 1. The van der Waals surface area contributed by atoms with Crippen LogP contribution in [0.25, 0.3) is 0 Å². The standard InChI is InChI=1S/C11H12N2O2S/c12-11(14)15-8-5-7-3-1-2-4-9(7)13-10(16)6-8/h1-4,8H,5-6H2,(H2,12,14)(H,13,16). The number of amides is 1. The molecule has 1 atom stereocenters. The smallest absolute Gasteiger partial charge is 0.404 e. The van der Waals surface area contributed by atoms with Crippen molar-refractivity contribution in [3.63, 3.8) is 0 Å². The Morgan fingerprint density at radius 3 is 2.94 bits per heavy atom. The molecule has 16 heavy (non-hydrogen) atoms. The molecule has 1 aromatic carbocycles. The van der Waals surface area contributed by atoms with Crippen LogP contribution >= 0.6 is 12.2 Å². The Bertz CT molecular complexity index is 434. The second-order valence-electron chi connectivity index (χ2n) is 3.67. The molecule has 0 bridgehead atoms.